The van der Waals surface area contributed by atoms with Gasteiger partial charge >= 0.3 is 0 Å². The molecule has 0 fully saturated rings. The molecule has 0 saturated carbocycles. The second-order valence-corrected chi connectivity index (χ2v) is 6.57. The molecule has 2 aromatic rings. The lowest BCUT2D eigenvalue weighted by molar-refractivity contribution is 0.114. The number of nitrogens with zero attached hydrogens (tertiary/aromatic N) is 3. The van der Waals surface area contributed by atoms with E-state index in [1.807, 2.05) is 25.5 Å². The smallest absolute Gasteiger partial charge is 0.191 e. The summed E-state index contributed by atoms with van der Waals surface area (Å²) in [7, 11) is 0. The fourth-order valence-electron chi connectivity index (χ4n) is 2.65. The summed E-state index contributed by atoms with van der Waals surface area (Å²) in [5, 5.41) is 20.9. The molecule has 1 aromatic heterocycles. The van der Waals surface area contributed by atoms with Crippen LogP contribution in [0.3, 0.4) is 0 Å². The Balaban J connectivity index is 0.00000420. The number of rotatable bonds is 10. The Hall–Kier alpha value is -1.88. The molecule has 0 saturated heterocycles. The molecule has 0 aliphatic carbocycles. The number of halogens is 2. The third-order valence-corrected chi connectivity index (χ3v) is 4.00. The highest BCUT2D eigenvalue weighted by Gasteiger charge is 2.06. The number of aromatic nitrogens is 2. The first kappa shape index (κ1) is 25.2. The molecular weight excluding hydrogens is 488 g/mol. The van der Waals surface area contributed by atoms with E-state index in [2.05, 4.69) is 26.8 Å². The van der Waals surface area contributed by atoms with Gasteiger partial charge in [-0.25, -0.2) is 4.39 Å². The van der Waals surface area contributed by atoms with Gasteiger partial charge in [-0.05, 0) is 57.5 Å². The Morgan fingerprint density at radius 2 is 2.00 bits per heavy atom. The summed E-state index contributed by atoms with van der Waals surface area (Å²) in [5.41, 5.74) is 2.18. The average molecular weight is 519 g/mol. The van der Waals surface area contributed by atoms with Gasteiger partial charge in [0.15, 0.2) is 5.96 Å². The van der Waals surface area contributed by atoms with Crippen LogP contribution < -0.4 is 15.4 Å². The predicted octanol–water partition coefficient (Wildman–Crippen LogP) is 2.64. The maximum atomic E-state index is 12.9. The Bertz CT molecular complexity index is 752. The van der Waals surface area contributed by atoms with E-state index >= 15 is 0 Å². The van der Waals surface area contributed by atoms with Crippen LogP contribution in [0.15, 0.2) is 35.3 Å². The summed E-state index contributed by atoms with van der Waals surface area (Å²) in [5.74, 6) is 0.840. The number of nitrogens with one attached hydrogen (secondary N) is 2. The van der Waals surface area contributed by atoms with Crippen molar-refractivity contribution in [2.75, 3.05) is 26.2 Å². The largest absolute Gasteiger partial charge is 0.491 e. The van der Waals surface area contributed by atoms with Gasteiger partial charge in [0.2, 0.25) is 0 Å². The fraction of sp³-hybridized carbons (Fsp3) is 0.500. The molecule has 0 spiro atoms. The molecule has 1 atom stereocenters. The molecular formula is C20H31FIN5O2. The normalized spacial score (nSPS) is 12.2. The van der Waals surface area contributed by atoms with Gasteiger partial charge in [0.1, 0.15) is 24.3 Å². The number of benzene rings is 1. The van der Waals surface area contributed by atoms with Crippen molar-refractivity contribution < 1.29 is 14.2 Å². The summed E-state index contributed by atoms with van der Waals surface area (Å²) in [6.45, 7) is 8.62. The van der Waals surface area contributed by atoms with Crippen molar-refractivity contribution in [2.45, 2.75) is 39.8 Å². The van der Waals surface area contributed by atoms with Crippen molar-refractivity contribution >= 4 is 29.9 Å². The Labute approximate surface area is 188 Å². The highest BCUT2D eigenvalue weighted by atomic mass is 127. The average Bonchev–Trinajstić information content (AvgIpc) is 2.99. The maximum absolute atomic E-state index is 12.9. The lowest BCUT2D eigenvalue weighted by atomic mass is 10.3. The van der Waals surface area contributed by atoms with E-state index in [-0.39, 0.29) is 42.9 Å². The Morgan fingerprint density at radius 1 is 1.28 bits per heavy atom. The van der Waals surface area contributed by atoms with Crippen molar-refractivity contribution in [1.29, 1.82) is 0 Å². The Morgan fingerprint density at radius 3 is 2.62 bits per heavy atom. The maximum Gasteiger partial charge on any atom is 0.191 e. The second-order valence-electron chi connectivity index (χ2n) is 6.57. The number of aliphatic hydroxyl groups is 1. The number of aliphatic hydroxyl groups excluding tert-OH is 1. The molecule has 9 heteroatoms. The summed E-state index contributed by atoms with van der Waals surface area (Å²) in [4.78, 5) is 4.39. The van der Waals surface area contributed by atoms with E-state index in [9.17, 15) is 9.50 Å². The van der Waals surface area contributed by atoms with Crippen LogP contribution in [0.25, 0.3) is 0 Å². The van der Waals surface area contributed by atoms with E-state index in [1.54, 1.807) is 0 Å². The zero-order valence-corrected chi connectivity index (χ0v) is 19.5. The van der Waals surface area contributed by atoms with Gasteiger partial charge in [-0.3, -0.25) is 9.67 Å². The summed E-state index contributed by atoms with van der Waals surface area (Å²) in [6.07, 6.45) is 0.151. The van der Waals surface area contributed by atoms with Gasteiger partial charge in [-0.1, -0.05) is 0 Å². The molecule has 7 nitrogen and oxygen atoms in total. The molecule has 0 bridgehead atoms. The number of aliphatic imine (C=N–C) groups is 1. The summed E-state index contributed by atoms with van der Waals surface area (Å²) in [6, 6.07) is 7.76. The first-order valence-corrected chi connectivity index (χ1v) is 9.57. The molecule has 0 aliphatic rings. The summed E-state index contributed by atoms with van der Waals surface area (Å²) >= 11 is 0. The topological polar surface area (TPSA) is 83.7 Å². The number of hydrogen-bond acceptors (Lipinski definition) is 4. The van der Waals surface area contributed by atoms with Crippen molar-refractivity contribution in [1.82, 2.24) is 20.4 Å². The molecule has 2 rings (SSSR count). The zero-order chi connectivity index (χ0) is 20.4. The van der Waals surface area contributed by atoms with Crippen molar-refractivity contribution in [3.63, 3.8) is 0 Å². The molecule has 0 amide bonds. The van der Waals surface area contributed by atoms with Crippen LogP contribution in [-0.4, -0.2) is 53.2 Å². The predicted molar refractivity (Wildman–Crippen MR) is 124 cm³/mol. The lowest BCUT2D eigenvalue weighted by Crippen LogP contribution is -2.39. The lowest BCUT2D eigenvalue weighted by Gasteiger charge is -2.14. The molecule has 0 aliphatic heterocycles. The number of guanidine groups is 1. The standard InChI is InChI=1S/C20H30FN5O2.HI/c1-4-22-20(23-10-5-11-26-16(3)12-15(2)25-26)24-13-18(27)14-28-19-8-6-17(21)7-9-19;/h6-9,12,18,27H,4-5,10-11,13-14H2,1-3H3,(H2,22,23,24);1H. The van der Waals surface area contributed by atoms with Crippen LogP contribution in [0.2, 0.25) is 0 Å². The SMILES string of the molecule is CCNC(=NCC(O)COc1ccc(F)cc1)NCCCn1nc(C)cc1C.I. The molecule has 1 heterocycles. The van der Waals surface area contributed by atoms with Crippen LogP contribution in [0.5, 0.6) is 5.75 Å². The minimum absolute atomic E-state index is 0. The van der Waals surface area contributed by atoms with Crippen LogP contribution in [0.1, 0.15) is 24.7 Å². The highest BCUT2D eigenvalue weighted by molar-refractivity contribution is 14.0. The highest BCUT2D eigenvalue weighted by Crippen LogP contribution is 2.11. The van der Waals surface area contributed by atoms with Crippen LogP contribution in [0, 0.1) is 19.7 Å². The van der Waals surface area contributed by atoms with E-state index < -0.39 is 6.10 Å². The van der Waals surface area contributed by atoms with Crippen LogP contribution in [-0.2, 0) is 6.54 Å². The third-order valence-electron chi connectivity index (χ3n) is 4.00. The van der Waals surface area contributed by atoms with Gasteiger partial charge in [0.05, 0.1) is 12.2 Å². The fourth-order valence-corrected chi connectivity index (χ4v) is 2.65. The van der Waals surface area contributed by atoms with E-state index in [0.717, 1.165) is 37.4 Å². The van der Waals surface area contributed by atoms with Crippen LogP contribution in [0.4, 0.5) is 4.39 Å². The first-order valence-electron chi connectivity index (χ1n) is 9.57. The minimum atomic E-state index is -0.754. The van der Waals surface area contributed by atoms with Crippen molar-refractivity contribution in [2.24, 2.45) is 4.99 Å². The van der Waals surface area contributed by atoms with E-state index in [4.69, 9.17) is 4.74 Å². The molecule has 3 N–H and O–H groups in total. The summed E-state index contributed by atoms with van der Waals surface area (Å²) < 4.78 is 20.3. The Kier molecular flexibility index (Phi) is 11.6. The molecule has 0 radical (unpaired) electrons. The number of ether oxygens (including phenoxy) is 1. The van der Waals surface area contributed by atoms with E-state index in [0.29, 0.717) is 11.7 Å². The van der Waals surface area contributed by atoms with Crippen molar-refractivity contribution in [3.8, 4) is 5.75 Å². The van der Waals surface area contributed by atoms with Gasteiger partial charge in [-0.15, -0.1) is 24.0 Å². The van der Waals surface area contributed by atoms with Gasteiger partial charge < -0.3 is 20.5 Å². The van der Waals surface area contributed by atoms with E-state index in [1.165, 1.54) is 24.3 Å². The molecule has 1 unspecified atom stereocenters. The van der Waals surface area contributed by atoms with Gasteiger partial charge in [0, 0.05) is 25.3 Å². The first-order chi connectivity index (χ1) is 13.5. The molecule has 29 heavy (non-hydrogen) atoms. The second kappa shape index (κ2) is 13.4. The minimum Gasteiger partial charge on any atom is -0.491 e. The van der Waals surface area contributed by atoms with Crippen LogP contribution >= 0.6 is 24.0 Å². The van der Waals surface area contributed by atoms with Gasteiger partial charge in [-0.2, -0.15) is 5.10 Å². The monoisotopic (exact) mass is 519 g/mol. The van der Waals surface area contributed by atoms with Gasteiger partial charge in [0.25, 0.3) is 0 Å². The molecule has 1 aromatic carbocycles. The third kappa shape index (κ3) is 9.44. The quantitative estimate of drug-likeness (QED) is 0.195. The zero-order valence-electron chi connectivity index (χ0n) is 17.2. The number of hydrogen-bond donors (Lipinski definition) is 3. The van der Waals surface area contributed by atoms with Crippen molar-refractivity contribution in [3.05, 3.63) is 47.5 Å². The number of aryl methyl sites for hydroxylation is 3. The molecule has 162 valence electrons.